The van der Waals surface area contributed by atoms with Crippen molar-refractivity contribution in [1.82, 2.24) is 15.1 Å². The van der Waals surface area contributed by atoms with E-state index in [-0.39, 0.29) is 5.91 Å². The van der Waals surface area contributed by atoms with Crippen LogP contribution in [0.15, 0.2) is 0 Å². The Morgan fingerprint density at radius 2 is 1.94 bits per heavy atom. The third kappa shape index (κ3) is 2.54. The smallest absolute Gasteiger partial charge is 0.242 e. The van der Waals surface area contributed by atoms with Crippen LogP contribution in [0.4, 0.5) is 0 Å². The van der Waals surface area contributed by atoms with Crippen LogP contribution in [0.3, 0.4) is 0 Å². The lowest BCUT2D eigenvalue weighted by Gasteiger charge is -2.33. The van der Waals surface area contributed by atoms with Gasteiger partial charge in [-0.1, -0.05) is 6.92 Å². The average Bonchev–Trinajstić information content (AvgIpc) is 2.52. The van der Waals surface area contributed by atoms with Crippen LogP contribution < -0.4 is 5.32 Å². The third-order valence-electron chi connectivity index (χ3n) is 4.59. The molecule has 0 saturated carbocycles. The average molecular weight is 253 g/mol. The zero-order valence-electron chi connectivity index (χ0n) is 12.2. The number of nitrogens with zero attached hydrogens (tertiary/aromatic N) is 2. The summed E-state index contributed by atoms with van der Waals surface area (Å²) in [4.78, 5) is 17.1. The summed E-state index contributed by atoms with van der Waals surface area (Å²) in [5, 5.41) is 3.29. The molecule has 0 aromatic rings. The van der Waals surface area contributed by atoms with Crippen molar-refractivity contribution in [2.24, 2.45) is 0 Å². The molecule has 2 heterocycles. The Hall–Kier alpha value is -0.610. The quantitative estimate of drug-likeness (QED) is 0.817. The predicted molar refractivity (Wildman–Crippen MR) is 73.5 cm³/mol. The molecule has 1 N–H and O–H groups in total. The molecular formula is C14H27N3O. The summed E-state index contributed by atoms with van der Waals surface area (Å²) < 4.78 is 0. The van der Waals surface area contributed by atoms with Gasteiger partial charge < -0.3 is 10.2 Å². The molecule has 2 bridgehead atoms. The second-order valence-electron chi connectivity index (χ2n) is 6.25. The standard InChI is InChI=1S/C14H27N3O/c1-5-15-14(2,3)13(18)17-9-8-11-6-7-12(10-17)16(11)4/h11-12,15H,5-10H2,1-4H3. The van der Waals surface area contributed by atoms with Crippen LogP contribution in [0.25, 0.3) is 0 Å². The number of amides is 1. The molecule has 0 aromatic heterocycles. The van der Waals surface area contributed by atoms with E-state index in [1.54, 1.807) is 0 Å². The minimum atomic E-state index is -0.434. The molecular weight excluding hydrogens is 226 g/mol. The van der Waals surface area contributed by atoms with E-state index < -0.39 is 5.54 Å². The van der Waals surface area contributed by atoms with E-state index >= 15 is 0 Å². The Labute approximate surface area is 111 Å². The zero-order valence-corrected chi connectivity index (χ0v) is 12.2. The van der Waals surface area contributed by atoms with Crippen LogP contribution in [-0.4, -0.2) is 60.0 Å². The maximum Gasteiger partial charge on any atom is 0.242 e. The van der Waals surface area contributed by atoms with Gasteiger partial charge >= 0.3 is 0 Å². The SMILES string of the molecule is CCNC(C)(C)C(=O)N1CCC2CCC(C1)N2C. The minimum absolute atomic E-state index is 0.255. The van der Waals surface area contributed by atoms with Gasteiger partial charge in [0, 0.05) is 25.2 Å². The van der Waals surface area contributed by atoms with Gasteiger partial charge in [-0.2, -0.15) is 0 Å². The summed E-state index contributed by atoms with van der Waals surface area (Å²) in [7, 11) is 2.21. The fraction of sp³-hybridized carbons (Fsp3) is 0.929. The highest BCUT2D eigenvalue weighted by Crippen LogP contribution is 2.29. The van der Waals surface area contributed by atoms with E-state index in [2.05, 4.69) is 22.2 Å². The number of carbonyl (C=O) groups excluding carboxylic acids is 1. The summed E-state index contributed by atoms with van der Waals surface area (Å²) in [6.45, 7) is 8.68. The minimum Gasteiger partial charge on any atom is -0.339 e. The number of likely N-dealkylation sites (N-methyl/N-ethyl adjacent to an activating group) is 2. The van der Waals surface area contributed by atoms with E-state index in [0.717, 1.165) is 26.1 Å². The Kier molecular flexibility index (Phi) is 3.97. The Balaban J connectivity index is 2.04. The number of hydrogen-bond acceptors (Lipinski definition) is 3. The third-order valence-corrected chi connectivity index (χ3v) is 4.59. The molecule has 104 valence electrons. The first kappa shape index (κ1) is 13.8. The lowest BCUT2D eigenvalue weighted by molar-refractivity contribution is -0.137. The Bertz CT molecular complexity index is 316. The molecule has 4 heteroatoms. The molecule has 2 saturated heterocycles. The second-order valence-corrected chi connectivity index (χ2v) is 6.25. The van der Waals surface area contributed by atoms with E-state index in [0.29, 0.717) is 12.1 Å². The topological polar surface area (TPSA) is 35.6 Å². The normalized spacial score (nSPS) is 29.4. The number of fused-ring (bicyclic) bond motifs is 2. The fourth-order valence-electron chi connectivity index (χ4n) is 3.41. The molecule has 1 amide bonds. The first-order valence-corrected chi connectivity index (χ1v) is 7.22. The van der Waals surface area contributed by atoms with Gasteiger partial charge in [0.15, 0.2) is 0 Å². The summed E-state index contributed by atoms with van der Waals surface area (Å²) in [6, 6.07) is 1.26. The number of hydrogen-bond donors (Lipinski definition) is 1. The van der Waals surface area contributed by atoms with Gasteiger partial charge in [-0.05, 0) is 46.7 Å². The van der Waals surface area contributed by atoms with Gasteiger partial charge in [0.1, 0.15) is 0 Å². The van der Waals surface area contributed by atoms with E-state index in [4.69, 9.17) is 0 Å². The van der Waals surface area contributed by atoms with Crippen molar-refractivity contribution in [1.29, 1.82) is 0 Å². The van der Waals surface area contributed by atoms with Crippen molar-refractivity contribution in [2.75, 3.05) is 26.7 Å². The van der Waals surface area contributed by atoms with Gasteiger partial charge in [-0.25, -0.2) is 0 Å². The molecule has 0 aliphatic carbocycles. The highest BCUT2D eigenvalue weighted by atomic mass is 16.2. The molecule has 2 unspecified atom stereocenters. The van der Waals surface area contributed by atoms with Crippen molar-refractivity contribution < 1.29 is 4.79 Å². The molecule has 2 atom stereocenters. The number of nitrogens with one attached hydrogen (secondary N) is 1. The maximum atomic E-state index is 12.6. The second kappa shape index (κ2) is 5.17. The number of rotatable bonds is 3. The van der Waals surface area contributed by atoms with Crippen LogP contribution in [-0.2, 0) is 4.79 Å². The molecule has 2 aliphatic heterocycles. The largest absolute Gasteiger partial charge is 0.339 e. The fourth-order valence-corrected chi connectivity index (χ4v) is 3.41. The predicted octanol–water partition coefficient (Wildman–Crippen LogP) is 1.07. The van der Waals surface area contributed by atoms with E-state index in [1.807, 2.05) is 20.8 Å². The van der Waals surface area contributed by atoms with Gasteiger partial charge in [0.25, 0.3) is 0 Å². The summed E-state index contributed by atoms with van der Waals surface area (Å²) in [5.74, 6) is 0.255. The highest BCUT2D eigenvalue weighted by Gasteiger charge is 2.39. The van der Waals surface area contributed by atoms with Gasteiger partial charge in [-0.3, -0.25) is 9.69 Å². The maximum absolute atomic E-state index is 12.6. The summed E-state index contributed by atoms with van der Waals surface area (Å²) in [5.41, 5.74) is -0.434. The monoisotopic (exact) mass is 253 g/mol. The van der Waals surface area contributed by atoms with Crippen LogP contribution in [0.2, 0.25) is 0 Å². The lowest BCUT2D eigenvalue weighted by atomic mass is 10.0. The van der Waals surface area contributed by atoms with Gasteiger partial charge in [-0.15, -0.1) is 0 Å². The van der Waals surface area contributed by atoms with Gasteiger partial charge in [0.2, 0.25) is 5.91 Å². The number of likely N-dealkylation sites (tertiary alicyclic amines) is 1. The zero-order chi connectivity index (χ0) is 13.3. The first-order chi connectivity index (χ1) is 8.45. The first-order valence-electron chi connectivity index (χ1n) is 7.22. The van der Waals surface area contributed by atoms with Crippen LogP contribution >= 0.6 is 0 Å². The summed E-state index contributed by atoms with van der Waals surface area (Å²) >= 11 is 0. The molecule has 0 radical (unpaired) electrons. The van der Waals surface area contributed by atoms with Crippen LogP contribution in [0, 0.1) is 0 Å². The van der Waals surface area contributed by atoms with Crippen molar-refractivity contribution in [3.8, 4) is 0 Å². The highest BCUT2D eigenvalue weighted by molar-refractivity contribution is 5.85. The molecule has 0 aromatic carbocycles. The molecule has 18 heavy (non-hydrogen) atoms. The number of carbonyl (C=O) groups is 1. The molecule has 2 fully saturated rings. The van der Waals surface area contributed by atoms with E-state index in [1.165, 1.54) is 12.8 Å². The molecule has 4 nitrogen and oxygen atoms in total. The Morgan fingerprint density at radius 1 is 1.28 bits per heavy atom. The van der Waals surface area contributed by atoms with Crippen molar-refractivity contribution in [3.05, 3.63) is 0 Å². The van der Waals surface area contributed by atoms with Crippen molar-refractivity contribution >= 4 is 5.91 Å². The lowest BCUT2D eigenvalue weighted by Crippen LogP contribution is -2.55. The van der Waals surface area contributed by atoms with E-state index in [9.17, 15) is 4.79 Å². The van der Waals surface area contributed by atoms with Crippen molar-refractivity contribution in [3.63, 3.8) is 0 Å². The Morgan fingerprint density at radius 3 is 2.61 bits per heavy atom. The van der Waals surface area contributed by atoms with Gasteiger partial charge in [0.05, 0.1) is 5.54 Å². The molecule has 2 aliphatic rings. The molecule has 2 rings (SSSR count). The van der Waals surface area contributed by atoms with Crippen LogP contribution in [0.1, 0.15) is 40.0 Å². The molecule has 0 spiro atoms. The van der Waals surface area contributed by atoms with Crippen molar-refractivity contribution in [2.45, 2.75) is 57.7 Å². The van der Waals surface area contributed by atoms with Crippen LogP contribution in [0.5, 0.6) is 0 Å². The summed E-state index contributed by atoms with van der Waals surface area (Å²) in [6.07, 6.45) is 3.67.